The van der Waals surface area contributed by atoms with Gasteiger partial charge in [-0.05, 0) is 48.9 Å². The second-order valence-electron chi connectivity index (χ2n) is 6.88. The fourth-order valence-corrected chi connectivity index (χ4v) is 3.22. The van der Waals surface area contributed by atoms with Crippen molar-refractivity contribution in [2.75, 3.05) is 13.1 Å². The molecule has 1 aromatic rings. The molecule has 1 heterocycles. The average Bonchev–Trinajstić information content (AvgIpc) is 2.58. The lowest BCUT2D eigenvalue weighted by Crippen LogP contribution is -2.53. The van der Waals surface area contributed by atoms with Gasteiger partial charge >= 0.3 is 0 Å². The molecule has 1 N–H and O–H groups in total. The number of hydrogen-bond donors (Lipinski definition) is 1. The van der Waals surface area contributed by atoms with Gasteiger partial charge in [0.05, 0.1) is 0 Å². The summed E-state index contributed by atoms with van der Waals surface area (Å²) < 4.78 is 0. The van der Waals surface area contributed by atoms with E-state index in [9.17, 15) is 9.59 Å². The van der Waals surface area contributed by atoms with Gasteiger partial charge in [-0.15, -0.1) is 0 Å². The van der Waals surface area contributed by atoms with Crippen LogP contribution in [0.5, 0.6) is 0 Å². The Balaban J connectivity index is 2.11. The van der Waals surface area contributed by atoms with E-state index in [1.54, 1.807) is 24.3 Å². The molecule has 24 heavy (non-hydrogen) atoms. The van der Waals surface area contributed by atoms with Gasteiger partial charge in [0.2, 0.25) is 5.91 Å². The lowest BCUT2D eigenvalue weighted by atomic mass is 9.94. The first-order valence-corrected chi connectivity index (χ1v) is 9.15. The summed E-state index contributed by atoms with van der Waals surface area (Å²) in [6.07, 6.45) is 3.03. The molecule has 0 aliphatic carbocycles. The van der Waals surface area contributed by atoms with Crippen molar-refractivity contribution in [1.29, 1.82) is 0 Å². The average molecular weight is 351 g/mol. The molecular formula is C19H27ClN2O2. The third-order valence-electron chi connectivity index (χ3n) is 4.84. The summed E-state index contributed by atoms with van der Waals surface area (Å²) in [6.45, 7) is 7.79. The highest BCUT2D eigenvalue weighted by molar-refractivity contribution is 6.30. The van der Waals surface area contributed by atoms with E-state index >= 15 is 0 Å². The summed E-state index contributed by atoms with van der Waals surface area (Å²) in [4.78, 5) is 27.4. The largest absolute Gasteiger partial charge is 0.341 e. The second kappa shape index (κ2) is 8.52. The number of carbonyl (C=O) groups is 2. The van der Waals surface area contributed by atoms with Crippen molar-refractivity contribution in [2.45, 2.75) is 46.1 Å². The fourth-order valence-electron chi connectivity index (χ4n) is 3.10. The monoisotopic (exact) mass is 350 g/mol. The molecule has 2 rings (SSSR count). The van der Waals surface area contributed by atoms with E-state index in [1.807, 2.05) is 18.7 Å². The Morgan fingerprint density at radius 3 is 2.58 bits per heavy atom. The summed E-state index contributed by atoms with van der Waals surface area (Å²) in [5, 5.41) is 3.53. The minimum Gasteiger partial charge on any atom is -0.341 e. The molecular weight excluding hydrogens is 324 g/mol. The number of benzene rings is 1. The van der Waals surface area contributed by atoms with Crippen LogP contribution in [-0.2, 0) is 4.79 Å². The van der Waals surface area contributed by atoms with Crippen molar-refractivity contribution in [1.82, 2.24) is 10.2 Å². The van der Waals surface area contributed by atoms with Gasteiger partial charge in [-0.25, -0.2) is 0 Å². The van der Waals surface area contributed by atoms with E-state index in [2.05, 4.69) is 12.2 Å². The smallest absolute Gasteiger partial charge is 0.251 e. The van der Waals surface area contributed by atoms with Gasteiger partial charge < -0.3 is 10.2 Å². The minimum absolute atomic E-state index is 0.0400. The Morgan fingerprint density at radius 1 is 1.33 bits per heavy atom. The number of hydrogen-bond acceptors (Lipinski definition) is 2. The Hall–Kier alpha value is -1.55. The first-order chi connectivity index (χ1) is 11.4. The molecule has 1 aromatic carbocycles. The number of rotatable bonds is 5. The molecule has 3 unspecified atom stereocenters. The van der Waals surface area contributed by atoms with Crippen LogP contribution in [0, 0.1) is 11.8 Å². The molecule has 0 radical (unpaired) electrons. The number of piperidine rings is 1. The van der Waals surface area contributed by atoms with Crippen molar-refractivity contribution in [3.63, 3.8) is 0 Å². The fraction of sp³-hybridized carbons (Fsp3) is 0.579. The summed E-state index contributed by atoms with van der Waals surface area (Å²) >= 11 is 5.87. The van der Waals surface area contributed by atoms with Gasteiger partial charge in [0.25, 0.3) is 5.91 Å². The molecule has 1 aliphatic heterocycles. The molecule has 3 atom stereocenters. The highest BCUT2D eigenvalue weighted by Gasteiger charge is 2.32. The first-order valence-electron chi connectivity index (χ1n) is 8.77. The molecule has 1 aliphatic rings. The summed E-state index contributed by atoms with van der Waals surface area (Å²) in [6, 6.07) is 6.24. The normalized spacial score (nSPS) is 20.3. The van der Waals surface area contributed by atoms with Gasteiger partial charge in [-0.2, -0.15) is 0 Å². The van der Waals surface area contributed by atoms with E-state index in [0.29, 0.717) is 16.5 Å². The molecule has 0 aromatic heterocycles. The Kier molecular flexibility index (Phi) is 6.67. The molecule has 0 spiro atoms. The van der Waals surface area contributed by atoms with Crippen LogP contribution < -0.4 is 5.32 Å². The zero-order valence-corrected chi connectivity index (χ0v) is 15.5. The highest BCUT2D eigenvalue weighted by atomic mass is 35.5. The van der Waals surface area contributed by atoms with Gasteiger partial charge in [0, 0.05) is 23.7 Å². The van der Waals surface area contributed by atoms with E-state index in [0.717, 1.165) is 32.4 Å². The van der Waals surface area contributed by atoms with Gasteiger partial charge in [0.1, 0.15) is 6.04 Å². The van der Waals surface area contributed by atoms with Gasteiger partial charge in [-0.1, -0.05) is 38.8 Å². The Labute approximate surface area is 149 Å². The predicted octanol–water partition coefficient (Wildman–Crippen LogP) is 3.74. The molecule has 0 saturated carbocycles. The highest BCUT2D eigenvalue weighted by Crippen LogP contribution is 2.19. The minimum atomic E-state index is -0.483. The van der Waals surface area contributed by atoms with Crippen molar-refractivity contribution in [2.24, 2.45) is 11.8 Å². The van der Waals surface area contributed by atoms with Crippen LogP contribution in [0.2, 0.25) is 5.02 Å². The number of nitrogens with zero attached hydrogens (tertiary/aromatic N) is 1. The lowest BCUT2D eigenvalue weighted by Gasteiger charge is -2.35. The van der Waals surface area contributed by atoms with E-state index in [4.69, 9.17) is 11.6 Å². The maximum absolute atomic E-state index is 13.0. The summed E-state index contributed by atoms with van der Waals surface area (Å²) in [5.74, 6) is 0.423. The molecule has 132 valence electrons. The predicted molar refractivity (Wildman–Crippen MR) is 97.1 cm³/mol. The van der Waals surface area contributed by atoms with E-state index < -0.39 is 6.04 Å². The van der Waals surface area contributed by atoms with Crippen molar-refractivity contribution >= 4 is 23.4 Å². The second-order valence-corrected chi connectivity index (χ2v) is 7.31. The zero-order valence-electron chi connectivity index (χ0n) is 14.7. The number of carbonyl (C=O) groups excluding carboxylic acids is 2. The maximum Gasteiger partial charge on any atom is 0.251 e. The summed E-state index contributed by atoms with van der Waals surface area (Å²) in [7, 11) is 0. The number of amides is 2. The third-order valence-corrected chi connectivity index (χ3v) is 5.09. The molecule has 5 heteroatoms. The van der Waals surface area contributed by atoms with Crippen LogP contribution in [0.4, 0.5) is 0 Å². The van der Waals surface area contributed by atoms with Crippen LogP contribution in [0.3, 0.4) is 0 Å². The number of halogens is 1. The molecule has 1 saturated heterocycles. The summed E-state index contributed by atoms with van der Waals surface area (Å²) in [5.41, 5.74) is 0.521. The van der Waals surface area contributed by atoms with E-state index in [-0.39, 0.29) is 17.7 Å². The van der Waals surface area contributed by atoms with Crippen molar-refractivity contribution in [3.8, 4) is 0 Å². The number of nitrogens with one attached hydrogen (secondary N) is 1. The SMILES string of the molecule is CCC(C)C(NC(=O)c1ccc(Cl)cc1)C(=O)N1CCCC(C)C1. The van der Waals surface area contributed by atoms with Crippen molar-refractivity contribution < 1.29 is 9.59 Å². The molecule has 0 bridgehead atoms. The zero-order chi connectivity index (χ0) is 17.7. The third kappa shape index (κ3) is 4.73. The Morgan fingerprint density at radius 2 is 2.00 bits per heavy atom. The lowest BCUT2D eigenvalue weighted by molar-refractivity contribution is -0.136. The van der Waals surface area contributed by atoms with Crippen LogP contribution in [0.25, 0.3) is 0 Å². The van der Waals surface area contributed by atoms with Crippen LogP contribution in [-0.4, -0.2) is 35.8 Å². The first kappa shape index (κ1) is 18.8. The molecule has 4 nitrogen and oxygen atoms in total. The van der Waals surface area contributed by atoms with Crippen molar-refractivity contribution in [3.05, 3.63) is 34.9 Å². The maximum atomic E-state index is 13.0. The molecule has 2 amide bonds. The quantitative estimate of drug-likeness (QED) is 0.879. The van der Waals surface area contributed by atoms with E-state index in [1.165, 1.54) is 0 Å². The number of likely N-dealkylation sites (tertiary alicyclic amines) is 1. The standard InChI is InChI=1S/C19H27ClN2O2/c1-4-14(3)17(19(24)22-11-5-6-13(2)12-22)21-18(23)15-7-9-16(20)10-8-15/h7-10,13-14,17H,4-6,11-12H2,1-3H3,(H,21,23). The van der Waals surface area contributed by atoms with Gasteiger partial charge in [0.15, 0.2) is 0 Å². The Bertz CT molecular complexity index is 573. The van der Waals surface area contributed by atoms with Gasteiger partial charge in [-0.3, -0.25) is 9.59 Å². The topological polar surface area (TPSA) is 49.4 Å². The van der Waals surface area contributed by atoms with Crippen LogP contribution in [0.1, 0.15) is 50.4 Å². The van der Waals surface area contributed by atoms with Crippen LogP contribution >= 0.6 is 11.6 Å². The van der Waals surface area contributed by atoms with Crippen LogP contribution in [0.15, 0.2) is 24.3 Å². The molecule has 1 fully saturated rings.